The van der Waals surface area contributed by atoms with Crippen LogP contribution in [0.2, 0.25) is 0 Å². The van der Waals surface area contributed by atoms with Crippen molar-refractivity contribution in [3.63, 3.8) is 0 Å². The van der Waals surface area contributed by atoms with Crippen LogP contribution in [0, 0.1) is 0 Å². The van der Waals surface area contributed by atoms with Crippen LogP contribution >= 0.6 is 0 Å². The lowest BCUT2D eigenvalue weighted by Crippen LogP contribution is -2.42. The van der Waals surface area contributed by atoms with Crippen LogP contribution in [0.15, 0.2) is 30.3 Å². The fourth-order valence-electron chi connectivity index (χ4n) is 2.32. The number of carboxylic acids is 1. The highest BCUT2D eigenvalue weighted by Crippen LogP contribution is 2.20. The van der Waals surface area contributed by atoms with Crippen molar-refractivity contribution >= 4 is 17.7 Å². The highest BCUT2D eigenvalue weighted by Gasteiger charge is 2.38. The Labute approximate surface area is 110 Å². The van der Waals surface area contributed by atoms with Crippen molar-refractivity contribution < 1.29 is 19.5 Å². The topological polar surface area (TPSA) is 74.7 Å². The number of nitrogens with zero attached hydrogens (tertiary/aromatic N) is 1. The van der Waals surface area contributed by atoms with Crippen LogP contribution in [0.1, 0.15) is 18.4 Å². The molecule has 0 radical (unpaired) electrons. The zero-order valence-electron chi connectivity index (χ0n) is 10.4. The Morgan fingerprint density at radius 1 is 1.26 bits per heavy atom. The summed E-state index contributed by atoms with van der Waals surface area (Å²) in [7, 11) is 0. The number of carboxylic acid groups (broad SMARTS) is 1. The Bertz CT molecular complexity index is 497. The number of benzene rings is 1. The van der Waals surface area contributed by atoms with E-state index < -0.39 is 17.8 Å². The number of hydrogen-bond acceptors (Lipinski definition) is 3. The first-order chi connectivity index (χ1) is 9.09. The van der Waals surface area contributed by atoms with Gasteiger partial charge in [0.1, 0.15) is 6.04 Å². The van der Waals surface area contributed by atoms with E-state index >= 15 is 0 Å². The van der Waals surface area contributed by atoms with Crippen LogP contribution in [0.3, 0.4) is 0 Å². The molecular weight excluding hydrogens is 246 g/mol. The van der Waals surface area contributed by atoms with Gasteiger partial charge in [-0.25, -0.2) is 4.79 Å². The summed E-state index contributed by atoms with van der Waals surface area (Å²) in [5.41, 5.74) is 1.06. The lowest BCUT2D eigenvalue weighted by atomic mass is 10.1. The molecule has 19 heavy (non-hydrogen) atoms. The predicted molar refractivity (Wildman–Crippen MR) is 67.5 cm³/mol. The quantitative estimate of drug-likeness (QED) is 0.798. The molecule has 100 valence electrons. The summed E-state index contributed by atoms with van der Waals surface area (Å²) in [6.07, 6.45) is 1.17. The van der Waals surface area contributed by atoms with Crippen LogP contribution in [-0.4, -0.2) is 40.3 Å². The molecule has 1 aromatic rings. The van der Waals surface area contributed by atoms with Gasteiger partial charge in [-0.2, -0.15) is 0 Å². The van der Waals surface area contributed by atoms with E-state index in [1.54, 1.807) is 0 Å². The highest BCUT2D eigenvalue weighted by molar-refractivity contribution is 6.35. The third-order valence-corrected chi connectivity index (χ3v) is 3.33. The second-order valence-corrected chi connectivity index (χ2v) is 4.55. The van der Waals surface area contributed by atoms with E-state index in [2.05, 4.69) is 0 Å². The normalized spacial score (nSPS) is 18.6. The molecule has 1 amide bonds. The second kappa shape index (κ2) is 5.65. The maximum absolute atomic E-state index is 11.7. The molecule has 1 N–H and O–H groups in total. The minimum atomic E-state index is -1.47. The van der Waals surface area contributed by atoms with Crippen LogP contribution in [-0.2, 0) is 20.8 Å². The van der Waals surface area contributed by atoms with E-state index in [9.17, 15) is 14.4 Å². The summed E-state index contributed by atoms with van der Waals surface area (Å²) in [6, 6.07) is 8.79. The van der Waals surface area contributed by atoms with Crippen molar-refractivity contribution in [2.75, 3.05) is 6.54 Å². The average molecular weight is 261 g/mol. The molecule has 1 aliphatic heterocycles. The number of hydrogen-bond donors (Lipinski definition) is 1. The minimum absolute atomic E-state index is 0.143. The lowest BCUT2D eigenvalue weighted by Gasteiger charge is -2.22. The summed E-state index contributed by atoms with van der Waals surface area (Å²) in [6.45, 7) is 0.381. The van der Waals surface area contributed by atoms with Crippen molar-refractivity contribution in [1.29, 1.82) is 0 Å². The summed E-state index contributed by atoms with van der Waals surface area (Å²) < 4.78 is 0. The summed E-state index contributed by atoms with van der Waals surface area (Å²) in [4.78, 5) is 35.4. The van der Waals surface area contributed by atoms with E-state index in [0.717, 1.165) is 5.56 Å². The molecule has 0 aliphatic carbocycles. The van der Waals surface area contributed by atoms with Gasteiger partial charge in [-0.15, -0.1) is 0 Å². The van der Waals surface area contributed by atoms with E-state index in [0.29, 0.717) is 19.4 Å². The zero-order chi connectivity index (χ0) is 13.8. The average Bonchev–Trinajstić information content (AvgIpc) is 2.78. The fraction of sp³-hybridized carbons (Fsp3) is 0.357. The van der Waals surface area contributed by atoms with Gasteiger partial charge in [-0.3, -0.25) is 9.59 Å². The Morgan fingerprint density at radius 3 is 2.58 bits per heavy atom. The Morgan fingerprint density at radius 2 is 1.95 bits per heavy atom. The minimum Gasteiger partial charge on any atom is -0.475 e. The molecule has 1 aliphatic rings. The van der Waals surface area contributed by atoms with E-state index in [1.807, 2.05) is 30.3 Å². The third kappa shape index (κ3) is 2.99. The van der Waals surface area contributed by atoms with Crippen molar-refractivity contribution in [3.05, 3.63) is 35.9 Å². The van der Waals surface area contributed by atoms with Crippen LogP contribution in [0.25, 0.3) is 0 Å². The summed E-state index contributed by atoms with van der Waals surface area (Å²) >= 11 is 0. The maximum atomic E-state index is 11.7. The molecule has 1 aromatic carbocycles. The standard InChI is InChI=1S/C14H15NO4/c16-12-7-6-11(13(17)14(18)19)15(12)9-8-10-4-2-1-3-5-10/h1-5,11H,6-9H2,(H,18,19). The first-order valence-corrected chi connectivity index (χ1v) is 6.20. The Balaban J connectivity index is 2.02. The van der Waals surface area contributed by atoms with Gasteiger partial charge in [-0.1, -0.05) is 30.3 Å². The molecule has 0 bridgehead atoms. The van der Waals surface area contributed by atoms with Gasteiger partial charge in [0.25, 0.3) is 5.78 Å². The van der Waals surface area contributed by atoms with Gasteiger partial charge in [0, 0.05) is 13.0 Å². The van der Waals surface area contributed by atoms with Gasteiger partial charge < -0.3 is 10.0 Å². The molecule has 1 unspecified atom stereocenters. The van der Waals surface area contributed by atoms with Crippen molar-refractivity contribution in [1.82, 2.24) is 4.90 Å². The Kier molecular flexibility index (Phi) is 3.94. The number of rotatable bonds is 5. The Hall–Kier alpha value is -2.17. The fourth-order valence-corrected chi connectivity index (χ4v) is 2.32. The first kappa shape index (κ1) is 13.3. The molecule has 1 atom stereocenters. The van der Waals surface area contributed by atoms with E-state index in [-0.39, 0.29) is 12.3 Å². The van der Waals surface area contributed by atoms with Crippen molar-refractivity contribution in [2.24, 2.45) is 0 Å². The van der Waals surface area contributed by atoms with E-state index in [1.165, 1.54) is 4.90 Å². The van der Waals surface area contributed by atoms with Crippen LogP contribution in [0.4, 0.5) is 0 Å². The smallest absolute Gasteiger partial charge is 0.374 e. The number of Topliss-reactive ketones (excluding diaryl/α,β-unsaturated/α-hetero) is 1. The number of amides is 1. The number of carbonyl (C=O) groups excluding carboxylic acids is 2. The zero-order valence-corrected chi connectivity index (χ0v) is 10.4. The number of ketones is 1. The third-order valence-electron chi connectivity index (χ3n) is 3.33. The SMILES string of the molecule is O=C(O)C(=O)C1CCC(=O)N1CCc1ccccc1. The van der Waals surface area contributed by atoms with E-state index in [4.69, 9.17) is 5.11 Å². The molecule has 1 fully saturated rings. The van der Waals surface area contributed by atoms with Gasteiger partial charge in [0.2, 0.25) is 5.91 Å². The van der Waals surface area contributed by atoms with Crippen molar-refractivity contribution in [2.45, 2.75) is 25.3 Å². The molecule has 0 aromatic heterocycles. The number of carbonyl (C=O) groups is 3. The molecule has 1 saturated heterocycles. The molecule has 0 spiro atoms. The molecule has 5 heteroatoms. The summed E-state index contributed by atoms with van der Waals surface area (Å²) in [5.74, 6) is -2.50. The summed E-state index contributed by atoms with van der Waals surface area (Å²) in [5, 5.41) is 8.74. The van der Waals surface area contributed by atoms with Crippen LogP contribution in [0.5, 0.6) is 0 Å². The monoisotopic (exact) mass is 261 g/mol. The van der Waals surface area contributed by atoms with Gasteiger partial charge in [0.15, 0.2) is 0 Å². The molecule has 2 rings (SSSR count). The van der Waals surface area contributed by atoms with Crippen molar-refractivity contribution in [3.8, 4) is 0 Å². The number of aliphatic carboxylic acids is 1. The number of likely N-dealkylation sites (tertiary alicyclic amines) is 1. The van der Waals surface area contributed by atoms with Gasteiger partial charge in [-0.05, 0) is 18.4 Å². The van der Waals surface area contributed by atoms with Gasteiger partial charge >= 0.3 is 5.97 Å². The lowest BCUT2D eigenvalue weighted by molar-refractivity contribution is -0.152. The van der Waals surface area contributed by atoms with Gasteiger partial charge in [0.05, 0.1) is 0 Å². The predicted octanol–water partition coefficient (Wildman–Crippen LogP) is 0.874. The second-order valence-electron chi connectivity index (χ2n) is 4.55. The maximum Gasteiger partial charge on any atom is 0.374 e. The first-order valence-electron chi connectivity index (χ1n) is 6.20. The largest absolute Gasteiger partial charge is 0.475 e. The highest BCUT2D eigenvalue weighted by atomic mass is 16.4. The molecule has 1 heterocycles. The molecule has 5 nitrogen and oxygen atoms in total. The molecule has 0 saturated carbocycles. The van der Waals surface area contributed by atoms with Crippen LogP contribution < -0.4 is 0 Å². The molecular formula is C14H15NO4.